The number of carbonyl (C=O) groups excluding carboxylic acids is 4. The summed E-state index contributed by atoms with van der Waals surface area (Å²) in [7, 11) is 0. The van der Waals surface area contributed by atoms with Crippen molar-refractivity contribution in [3.05, 3.63) is 35.9 Å². The molecular formula is C23H31N5O4. The molecule has 3 fully saturated rings. The molecule has 3 aliphatic heterocycles. The third-order valence-electron chi connectivity index (χ3n) is 6.57. The summed E-state index contributed by atoms with van der Waals surface area (Å²) in [5.74, 6) is -0.845. The first-order valence-corrected chi connectivity index (χ1v) is 11.5. The van der Waals surface area contributed by atoms with Crippen LogP contribution in [0.2, 0.25) is 0 Å². The molecule has 1 aromatic carbocycles. The maximum Gasteiger partial charge on any atom is 0.254 e. The summed E-state index contributed by atoms with van der Waals surface area (Å²) in [6, 6.07) is 7.39. The number of piperazine rings is 1. The predicted octanol–water partition coefficient (Wildman–Crippen LogP) is -0.266. The average molecular weight is 442 g/mol. The van der Waals surface area contributed by atoms with Crippen molar-refractivity contribution in [1.82, 2.24) is 25.8 Å². The van der Waals surface area contributed by atoms with Crippen molar-refractivity contribution < 1.29 is 19.2 Å². The van der Waals surface area contributed by atoms with E-state index in [9.17, 15) is 19.2 Å². The molecule has 2 unspecified atom stereocenters. The quantitative estimate of drug-likeness (QED) is 0.596. The Morgan fingerprint density at radius 1 is 0.969 bits per heavy atom. The van der Waals surface area contributed by atoms with E-state index in [4.69, 9.17) is 0 Å². The standard InChI is InChI=1S/C23H31N5O4/c29-20-18(7-4-10-25-20)26-21(30)19-15-27(22(31)17-8-11-24-12-9-17)13-14-28(19)23(32)16-5-2-1-3-6-16/h1-3,5-6,17-19,24H,4,7-15H2,(H,25,29)(H,26,30). The number of piperidine rings is 2. The SMILES string of the molecule is O=C1NCCCC1NC(=O)C1CN(C(=O)C2CCNCC2)CCN1C(=O)c1ccccc1. The van der Waals surface area contributed by atoms with E-state index in [0.717, 1.165) is 32.4 Å². The van der Waals surface area contributed by atoms with Gasteiger partial charge >= 0.3 is 0 Å². The van der Waals surface area contributed by atoms with Crippen LogP contribution >= 0.6 is 0 Å². The van der Waals surface area contributed by atoms with Gasteiger partial charge in [-0.1, -0.05) is 18.2 Å². The molecule has 0 aromatic heterocycles. The molecule has 3 aliphatic rings. The van der Waals surface area contributed by atoms with E-state index < -0.39 is 12.1 Å². The largest absolute Gasteiger partial charge is 0.354 e. The van der Waals surface area contributed by atoms with Gasteiger partial charge in [0.1, 0.15) is 12.1 Å². The lowest BCUT2D eigenvalue weighted by atomic mass is 9.95. The number of nitrogens with zero attached hydrogens (tertiary/aromatic N) is 2. The Hall–Kier alpha value is -2.94. The Labute approximate surface area is 187 Å². The molecule has 0 bridgehead atoms. The van der Waals surface area contributed by atoms with Crippen molar-refractivity contribution in [2.75, 3.05) is 39.3 Å². The zero-order chi connectivity index (χ0) is 22.5. The first-order chi connectivity index (χ1) is 15.5. The molecule has 2 atom stereocenters. The van der Waals surface area contributed by atoms with Crippen LogP contribution in [0.25, 0.3) is 0 Å². The van der Waals surface area contributed by atoms with Crippen molar-refractivity contribution in [2.24, 2.45) is 5.92 Å². The highest BCUT2D eigenvalue weighted by Crippen LogP contribution is 2.21. The van der Waals surface area contributed by atoms with Gasteiger partial charge in [0, 0.05) is 31.1 Å². The Morgan fingerprint density at radius 3 is 2.44 bits per heavy atom. The zero-order valence-corrected chi connectivity index (χ0v) is 18.2. The van der Waals surface area contributed by atoms with Gasteiger partial charge in [-0.25, -0.2) is 0 Å². The van der Waals surface area contributed by atoms with E-state index in [1.807, 2.05) is 6.07 Å². The molecule has 0 aliphatic carbocycles. The van der Waals surface area contributed by atoms with Crippen LogP contribution in [0.5, 0.6) is 0 Å². The Balaban J connectivity index is 1.51. The third kappa shape index (κ3) is 4.93. The molecule has 9 heteroatoms. The summed E-state index contributed by atoms with van der Waals surface area (Å²) in [6.07, 6.45) is 2.91. The molecule has 1 aromatic rings. The summed E-state index contributed by atoms with van der Waals surface area (Å²) in [4.78, 5) is 55.0. The van der Waals surface area contributed by atoms with Crippen LogP contribution in [0.1, 0.15) is 36.0 Å². The van der Waals surface area contributed by atoms with Crippen molar-refractivity contribution >= 4 is 23.6 Å². The minimum absolute atomic E-state index is 0.0477. The maximum atomic E-state index is 13.3. The van der Waals surface area contributed by atoms with Gasteiger partial charge in [0.2, 0.25) is 17.7 Å². The lowest BCUT2D eigenvalue weighted by Gasteiger charge is -2.42. The third-order valence-corrected chi connectivity index (χ3v) is 6.57. The fourth-order valence-corrected chi connectivity index (χ4v) is 4.70. The van der Waals surface area contributed by atoms with E-state index in [2.05, 4.69) is 16.0 Å². The Kier molecular flexibility index (Phi) is 7.04. The van der Waals surface area contributed by atoms with E-state index >= 15 is 0 Å². The Morgan fingerprint density at radius 2 is 1.72 bits per heavy atom. The molecule has 9 nitrogen and oxygen atoms in total. The van der Waals surface area contributed by atoms with Crippen LogP contribution in [-0.2, 0) is 14.4 Å². The fourth-order valence-electron chi connectivity index (χ4n) is 4.70. The monoisotopic (exact) mass is 441 g/mol. The van der Waals surface area contributed by atoms with Crippen molar-refractivity contribution in [2.45, 2.75) is 37.8 Å². The molecule has 0 spiro atoms. The van der Waals surface area contributed by atoms with E-state index in [1.54, 1.807) is 29.2 Å². The predicted molar refractivity (Wildman–Crippen MR) is 118 cm³/mol. The summed E-state index contributed by atoms with van der Waals surface area (Å²) in [5.41, 5.74) is 0.499. The topological polar surface area (TPSA) is 111 Å². The van der Waals surface area contributed by atoms with Crippen molar-refractivity contribution in [1.29, 1.82) is 0 Å². The number of hydrogen-bond acceptors (Lipinski definition) is 5. The molecule has 4 rings (SSSR count). The second kappa shape index (κ2) is 10.1. The van der Waals surface area contributed by atoms with Gasteiger partial charge in [0.25, 0.3) is 5.91 Å². The maximum absolute atomic E-state index is 13.3. The van der Waals surface area contributed by atoms with Crippen LogP contribution < -0.4 is 16.0 Å². The molecule has 3 saturated heterocycles. The summed E-state index contributed by atoms with van der Waals surface area (Å²) in [5, 5.41) is 8.85. The number of hydrogen-bond donors (Lipinski definition) is 3. The molecular weight excluding hydrogens is 410 g/mol. The summed E-state index contributed by atoms with van der Waals surface area (Å²) < 4.78 is 0. The molecule has 4 amide bonds. The average Bonchev–Trinajstić information content (AvgIpc) is 2.85. The van der Waals surface area contributed by atoms with Crippen LogP contribution in [0.15, 0.2) is 30.3 Å². The van der Waals surface area contributed by atoms with E-state index in [-0.39, 0.29) is 42.6 Å². The second-order valence-electron chi connectivity index (χ2n) is 8.68. The summed E-state index contributed by atoms with van der Waals surface area (Å²) >= 11 is 0. The number of benzene rings is 1. The molecule has 172 valence electrons. The molecule has 0 saturated carbocycles. The first-order valence-electron chi connectivity index (χ1n) is 11.5. The second-order valence-corrected chi connectivity index (χ2v) is 8.68. The lowest BCUT2D eigenvalue weighted by Crippen LogP contribution is -2.64. The van der Waals surface area contributed by atoms with Gasteiger partial charge in [-0.2, -0.15) is 0 Å². The number of nitrogens with one attached hydrogen (secondary N) is 3. The van der Waals surface area contributed by atoms with E-state index in [0.29, 0.717) is 25.1 Å². The minimum atomic E-state index is -0.836. The highest BCUT2D eigenvalue weighted by Gasteiger charge is 2.40. The fraction of sp³-hybridized carbons (Fsp3) is 0.565. The molecule has 3 heterocycles. The minimum Gasteiger partial charge on any atom is -0.354 e. The molecule has 32 heavy (non-hydrogen) atoms. The zero-order valence-electron chi connectivity index (χ0n) is 18.2. The lowest BCUT2D eigenvalue weighted by molar-refractivity contribution is -0.142. The van der Waals surface area contributed by atoms with Gasteiger partial charge in [-0.15, -0.1) is 0 Å². The van der Waals surface area contributed by atoms with Gasteiger partial charge in [-0.05, 0) is 50.9 Å². The van der Waals surface area contributed by atoms with Gasteiger partial charge in [-0.3, -0.25) is 19.2 Å². The first kappa shape index (κ1) is 22.3. The number of amides is 4. The van der Waals surface area contributed by atoms with Crippen molar-refractivity contribution in [3.8, 4) is 0 Å². The van der Waals surface area contributed by atoms with Gasteiger partial charge in [0.05, 0.1) is 6.54 Å². The highest BCUT2D eigenvalue weighted by molar-refractivity contribution is 5.99. The number of rotatable bonds is 4. The normalized spacial score (nSPS) is 24.6. The van der Waals surface area contributed by atoms with Gasteiger partial charge in [0.15, 0.2) is 0 Å². The number of carbonyl (C=O) groups is 4. The van der Waals surface area contributed by atoms with Crippen LogP contribution in [0, 0.1) is 5.92 Å². The Bertz CT molecular complexity index is 855. The van der Waals surface area contributed by atoms with Crippen LogP contribution in [-0.4, -0.2) is 84.8 Å². The van der Waals surface area contributed by atoms with Crippen molar-refractivity contribution in [3.63, 3.8) is 0 Å². The highest BCUT2D eigenvalue weighted by atomic mass is 16.2. The summed E-state index contributed by atoms with van der Waals surface area (Å²) in [6.45, 7) is 3.04. The molecule has 3 N–H and O–H groups in total. The smallest absolute Gasteiger partial charge is 0.254 e. The van der Waals surface area contributed by atoms with Gasteiger partial charge < -0.3 is 25.8 Å². The molecule has 0 radical (unpaired) electrons. The van der Waals surface area contributed by atoms with Crippen LogP contribution in [0.4, 0.5) is 0 Å². The van der Waals surface area contributed by atoms with E-state index in [1.165, 1.54) is 4.90 Å². The van der Waals surface area contributed by atoms with Crippen LogP contribution in [0.3, 0.4) is 0 Å².